The number of ether oxygens (including phenoxy) is 1. The van der Waals surface area contributed by atoms with Crippen LogP contribution in [0, 0.1) is 0 Å². The molecule has 28 heavy (non-hydrogen) atoms. The molecule has 0 unspecified atom stereocenters. The molecule has 1 aliphatic carbocycles. The van der Waals surface area contributed by atoms with Crippen molar-refractivity contribution < 1.29 is 9.53 Å². The van der Waals surface area contributed by atoms with Gasteiger partial charge in [0.05, 0.1) is 30.4 Å². The summed E-state index contributed by atoms with van der Waals surface area (Å²) in [5, 5.41) is 4.10. The quantitative estimate of drug-likeness (QED) is 0.591. The van der Waals surface area contributed by atoms with Crippen molar-refractivity contribution in [1.82, 2.24) is 15.4 Å². The van der Waals surface area contributed by atoms with Crippen LogP contribution in [0.5, 0.6) is 5.75 Å². The van der Waals surface area contributed by atoms with Crippen molar-refractivity contribution in [3.8, 4) is 17.0 Å². The van der Waals surface area contributed by atoms with Gasteiger partial charge in [0.25, 0.3) is 5.91 Å². The highest BCUT2D eigenvalue weighted by Crippen LogP contribution is 2.23. The van der Waals surface area contributed by atoms with E-state index in [1.807, 2.05) is 38.1 Å². The molecule has 0 fully saturated rings. The second kappa shape index (κ2) is 9.26. The number of hydrazone groups is 1. The highest BCUT2D eigenvalue weighted by Gasteiger charge is 2.11. The Morgan fingerprint density at radius 2 is 1.93 bits per heavy atom. The molecule has 0 radical (unpaired) electrons. The number of hydrogen-bond donors (Lipinski definition) is 1. The molecule has 0 saturated heterocycles. The average molecular weight is 378 g/mol. The van der Waals surface area contributed by atoms with Gasteiger partial charge in [0.2, 0.25) is 0 Å². The molecule has 146 valence electrons. The van der Waals surface area contributed by atoms with E-state index in [1.165, 1.54) is 30.2 Å². The molecule has 0 bridgehead atoms. The maximum atomic E-state index is 12.4. The summed E-state index contributed by atoms with van der Waals surface area (Å²) in [5.41, 5.74) is 6.81. The van der Waals surface area contributed by atoms with Gasteiger partial charge in [-0.1, -0.05) is 5.57 Å². The van der Waals surface area contributed by atoms with Crippen molar-refractivity contribution in [1.29, 1.82) is 0 Å². The van der Waals surface area contributed by atoms with Crippen LogP contribution >= 0.6 is 0 Å². The second-order valence-corrected chi connectivity index (χ2v) is 7.19. The van der Waals surface area contributed by atoms with Gasteiger partial charge in [0, 0.05) is 5.56 Å². The Hall–Kier alpha value is -3.02. The Bertz CT molecular complexity index is 886. The molecule has 6 heteroatoms. The molecule has 1 aliphatic rings. The average Bonchev–Trinajstić information content (AvgIpc) is 2.69. The van der Waals surface area contributed by atoms with Crippen molar-refractivity contribution in [3.05, 3.63) is 53.5 Å². The number of carbonyl (C=O) groups is 1. The molecule has 6 nitrogen and oxygen atoms in total. The SMILES string of the molecule is CC1=C(/C=N/NC(=O)c2cncc(-c3ccc(OC(C)C)cc3)n2)CCCC1. The number of hydrogen-bond acceptors (Lipinski definition) is 5. The number of nitrogens with zero attached hydrogens (tertiary/aromatic N) is 3. The zero-order valence-corrected chi connectivity index (χ0v) is 16.6. The van der Waals surface area contributed by atoms with Gasteiger partial charge < -0.3 is 4.74 Å². The summed E-state index contributed by atoms with van der Waals surface area (Å²) in [4.78, 5) is 20.9. The van der Waals surface area contributed by atoms with E-state index in [-0.39, 0.29) is 17.7 Å². The van der Waals surface area contributed by atoms with Crippen LogP contribution in [0.2, 0.25) is 0 Å². The van der Waals surface area contributed by atoms with Crippen LogP contribution in [0.3, 0.4) is 0 Å². The van der Waals surface area contributed by atoms with Crippen LogP contribution in [0.15, 0.2) is 52.9 Å². The fourth-order valence-electron chi connectivity index (χ4n) is 3.07. The van der Waals surface area contributed by atoms with Crippen LogP contribution in [0.4, 0.5) is 0 Å². The van der Waals surface area contributed by atoms with E-state index in [0.717, 1.165) is 24.2 Å². The standard InChI is InChI=1S/C22H26N4O2/c1-15(2)28-19-10-8-17(9-11-19)20-13-23-14-21(25-20)22(27)26-24-12-18-7-5-4-6-16(18)3/h8-15H,4-7H2,1-3H3,(H,26,27)/b24-12+. The highest BCUT2D eigenvalue weighted by atomic mass is 16.5. The monoisotopic (exact) mass is 378 g/mol. The molecule has 1 N–H and O–H groups in total. The third-order valence-electron chi connectivity index (χ3n) is 4.57. The molecule has 1 heterocycles. The van der Waals surface area contributed by atoms with Crippen LogP contribution < -0.4 is 10.2 Å². The summed E-state index contributed by atoms with van der Waals surface area (Å²) in [6.45, 7) is 6.08. The van der Waals surface area contributed by atoms with Gasteiger partial charge in [0.1, 0.15) is 11.4 Å². The van der Waals surface area contributed by atoms with Crippen LogP contribution in [0.25, 0.3) is 11.3 Å². The topological polar surface area (TPSA) is 76.5 Å². The summed E-state index contributed by atoms with van der Waals surface area (Å²) in [5.74, 6) is 0.418. The molecule has 0 atom stereocenters. The maximum Gasteiger partial charge on any atom is 0.291 e. The predicted molar refractivity (Wildman–Crippen MR) is 110 cm³/mol. The van der Waals surface area contributed by atoms with Gasteiger partial charge in [-0.15, -0.1) is 0 Å². The number of benzene rings is 1. The predicted octanol–water partition coefficient (Wildman–Crippen LogP) is 4.54. The summed E-state index contributed by atoms with van der Waals surface area (Å²) >= 11 is 0. The van der Waals surface area contributed by atoms with Gasteiger partial charge in [-0.2, -0.15) is 5.10 Å². The van der Waals surface area contributed by atoms with Crippen molar-refractivity contribution >= 4 is 12.1 Å². The summed E-state index contributed by atoms with van der Waals surface area (Å²) in [6.07, 6.45) is 9.44. The van der Waals surface area contributed by atoms with E-state index in [1.54, 1.807) is 12.4 Å². The van der Waals surface area contributed by atoms with E-state index >= 15 is 0 Å². The fourth-order valence-corrected chi connectivity index (χ4v) is 3.07. The van der Waals surface area contributed by atoms with Gasteiger partial charge in [-0.05, 0) is 76.3 Å². The number of rotatable bonds is 6. The summed E-state index contributed by atoms with van der Waals surface area (Å²) in [7, 11) is 0. The fraction of sp³-hybridized carbons (Fsp3) is 0.364. The Balaban J connectivity index is 1.67. The van der Waals surface area contributed by atoms with Crippen molar-refractivity contribution in [2.75, 3.05) is 0 Å². The number of allylic oxidation sites excluding steroid dienone is 2. The Labute approximate surface area is 165 Å². The molecule has 0 saturated carbocycles. The van der Waals surface area contributed by atoms with Crippen molar-refractivity contribution in [2.45, 2.75) is 52.6 Å². The molecule has 3 rings (SSSR count). The Kier molecular flexibility index (Phi) is 6.53. The van der Waals surface area contributed by atoms with Gasteiger partial charge >= 0.3 is 0 Å². The van der Waals surface area contributed by atoms with Crippen LogP contribution in [-0.2, 0) is 0 Å². The minimum absolute atomic E-state index is 0.117. The van der Waals surface area contributed by atoms with Gasteiger partial charge in [-0.25, -0.2) is 10.4 Å². The van der Waals surface area contributed by atoms with Crippen molar-refractivity contribution in [3.63, 3.8) is 0 Å². The molecular formula is C22H26N4O2. The lowest BCUT2D eigenvalue weighted by Gasteiger charge is -2.13. The minimum Gasteiger partial charge on any atom is -0.491 e. The first-order chi connectivity index (χ1) is 13.5. The first kappa shape index (κ1) is 19.7. The zero-order chi connectivity index (χ0) is 19.9. The first-order valence-corrected chi connectivity index (χ1v) is 9.64. The smallest absolute Gasteiger partial charge is 0.291 e. The molecular weight excluding hydrogens is 352 g/mol. The van der Waals surface area contributed by atoms with Gasteiger partial charge in [0.15, 0.2) is 0 Å². The molecule has 1 amide bonds. The number of nitrogens with one attached hydrogen (secondary N) is 1. The third-order valence-corrected chi connectivity index (χ3v) is 4.57. The number of aromatic nitrogens is 2. The third kappa shape index (κ3) is 5.25. The van der Waals surface area contributed by atoms with Crippen LogP contribution in [-0.4, -0.2) is 28.2 Å². The number of amides is 1. The normalized spacial score (nSPS) is 14.6. The highest BCUT2D eigenvalue weighted by molar-refractivity contribution is 5.93. The second-order valence-electron chi connectivity index (χ2n) is 7.19. The number of carbonyl (C=O) groups excluding carboxylic acids is 1. The van der Waals surface area contributed by atoms with E-state index in [9.17, 15) is 4.79 Å². The maximum absolute atomic E-state index is 12.4. The van der Waals surface area contributed by atoms with Crippen molar-refractivity contribution in [2.24, 2.45) is 5.10 Å². The molecule has 1 aromatic carbocycles. The largest absolute Gasteiger partial charge is 0.491 e. The molecule has 2 aromatic rings. The first-order valence-electron chi connectivity index (χ1n) is 9.64. The lowest BCUT2D eigenvalue weighted by Crippen LogP contribution is -2.19. The van der Waals surface area contributed by atoms with Gasteiger partial charge in [-0.3, -0.25) is 9.78 Å². The lowest BCUT2D eigenvalue weighted by atomic mass is 9.94. The Morgan fingerprint density at radius 3 is 2.64 bits per heavy atom. The minimum atomic E-state index is -0.376. The van der Waals surface area contributed by atoms with E-state index in [2.05, 4.69) is 27.4 Å². The molecule has 0 spiro atoms. The van der Waals surface area contributed by atoms with Crippen LogP contribution in [0.1, 0.15) is 56.9 Å². The molecule has 0 aliphatic heterocycles. The Morgan fingerprint density at radius 1 is 1.18 bits per heavy atom. The van der Waals surface area contributed by atoms with E-state index < -0.39 is 0 Å². The summed E-state index contributed by atoms with van der Waals surface area (Å²) < 4.78 is 5.65. The molecule has 1 aromatic heterocycles. The lowest BCUT2D eigenvalue weighted by molar-refractivity contribution is 0.0950. The van der Waals surface area contributed by atoms with E-state index in [4.69, 9.17) is 4.74 Å². The summed E-state index contributed by atoms with van der Waals surface area (Å²) in [6, 6.07) is 7.57. The zero-order valence-electron chi connectivity index (χ0n) is 16.6. The van der Waals surface area contributed by atoms with E-state index in [0.29, 0.717) is 5.69 Å².